The molecule has 0 aliphatic rings. The summed E-state index contributed by atoms with van der Waals surface area (Å²) in [6.45, 7) is 1.63. The average Bonchev–Trinajstić information content (AvgIpc) is 2.43. The molecule has 2 rings (SSSR count). The Labute approximate surface area is 135 Å². The van der Waals surface area contributed by atoms with Crippen LogP contribution in [0, 0.1) is 12.7 Å². The van der Waals surface area contributed by atoms with Crippen LogP contribution in [0.1, 0.15) is 5.56 Å². The molecule has 6 heteroatoms. The molecule has 3 nitrogen and oxygen atoms in total. The first-order valence-electron chi connectivity index (χ1n) is 6.09. The Kier molecular flexibility index (Phi) is 5.20. The van der Waals surface area contributed by atoms with E-state index in [2.05, 4.69) is 21.2 Å². The second-order valence-electron chi connectivity index (χ2n) is 4.37. The number of aryl methyl sites for hydroxylation is 1. The fourth-order valence-corrected chi connectivity index (χ4v) is 2.08. The van der Waals surface area contributed by atoms with Gasteiger partial charge in [-0.15, -0.1) is 0 Å². The third-order valence-electron chi connectivity index (χ3n) is 2.70. The normalized spacial score (nSPS) is 10.3. The van der Waals surface area contributed by atoms with Crippen LogP contribution in [0.25, 0.3) is 0 Å². The van der Waals surface area contributed by atoms with Crippen molar-refractivity contribution in [3.63, 3.8) is 0 Å². The second kappa shape index (κ2) is 6.91. The highest BCUT2D eigenvalue weighted by atomic mass is 79.9. The first-order chi connectivity index (χ1) is 9.95. The molecule has 0 radical (unpaired) electrons. The minimum atomic E-state index is -0.514. The fourth-order valence-electron chi connectivity index (χ4n) is 1.63. The molecule has 0 atom stereocenters. The smallest absolute Gasteiger partial charge is 0.262 e. The van der Waals surface area contributed by atoms with Crippen molar-refractivity contribution in [3.05, 3.63) is 57.3 Å². The van der Waals surface area contributed by atoms with Gasteiger partial charge in [-0.3, -0.25) is 4.79 Å². The summed E-state index contributed by atoms with van der Waals surface area (Å²) in [4.78, 5) is 11.7. The maximum Gasteiger partial charge on any atom is 0.262 e. The Bertz CT molecular complexity index is 679. The summed E-state index contributed by atoms with van der Waals surface area (Å²) >= 11 is 9.05. The summed E-state index contributed by atoms with van der Waals surface area (Å²) < 4.78 is 19.5. The van der Waals surface area contributed by atoms with Crippen LogP contribution in [0.2, 0.25) is 5.02 Å². The predicted octanol–water partition coefficient (Wildman–Crippen LogP) is 4.57. The molecular formula is C15H12BrClFNO2. The zero-order valence-corrected chi connectivity index (χ0v) is 13.5. The van der Waals surface area contributed by atoms with Crippen LogP contribution in [0.15, 0.2) is 40.9 Å². The molecule has 0 fully saturated rings. The molecule has 0 heterocycles. The van der Waals surface area contributed by atoms with Gasteiger partial charge >= 0.3 is 0 Å². The molecule has 0 bridgehead atoms. The summed E-state index contributed by atoms with van der Waals surface area (Å²) in [6.07, 6.45) is 0. The molecule has 110 valence electrons. The van der Waals surface area contributed by atoms with E-state index in [-0.39, 0.29) is 12.3 Å². The van der Waals surface area contributed by atoms with Gasteiger partial charge in [0.05, 0.1) is 5.69 Å². The zero-order chi connectivity index (χ0) is 15.4. The first kappa shape index (κ1) is 15.8. The van der Waals surface area contributed by atoms with E-state index in [0.717, 1.165) is 5.56 Å². The summed E-state index contributed by atoms with van der Waals surface area (Å²) in [5, 5.41) is 3.08. The Morgan fingerprint density at radius 1 is 1.33 bits per heavy atom. The zero-order valence-electron chi connectivity index (χ0n) is 11.1. The van der Waals surface area contributed by atoms with E-state index in [1.54, 1.807) is 24.3 Å². The van der Waals surface area contributed by atoms with Crippen LogP contribution in [-0.2, 0) is 4.79 Å². The highest BCUT2D eigenvalue weighted by Gasteiger charge is 2.08. The largest absolute Gasteiger partial charge is 0.484 e. The molecule has 0 aliphatic carbocycles. The standard InChI is InChI=1S/C15H12BrClFNO2/c1-9-6-11(3-4-12(9)17)21-8-15(20)19-14-5-2-10(16)7-13(14)18/h2-7H,8H2,1H3,(H,19,20). The molecule has 0 aliphatic heterocycles. The number of hydrogen-bond acceptors (Lipinski definition) is 2. The highest BCUT2D eigenvalue weighted by Crippen LogP contribution is 2.21. The van der Waals surface area contributed by atoms with E-state index in [0.29, 0.717) is 15.2 Å². The number of nitrogens with one attached hydrogen (secondary N) is 1. The molecule has 2 aromatic rings. The van der Waals surface area contributed by atoms with Gasteiger partial charge in [0.25, 0.3) is 5.91 Å². The van der Waals surface area contributed by atoms with Crippen molar-refractivity contribution in [3.8, 4) is 5.75 Å². The number of carbonyl (C=O) groups excluding carboxylic acids is 1. The number of carbonyl (C=O) groups is 1. The number of anilines is 1. The van der Waals surface area contributed by atoms with Crippen molar-refractivity contribution in [2.75, 3.05) is 11.9 Å². The Balaban J connectivity index is 1.94. The maximum atomic E-state index is 13.6. The van der Waals surface area contributed by atoms with Crippen LogP contribution in [0.3, 0.4) is 0 Å². The van der Waals surface area contributed by atoms with Crippen molar-refractivity contribution in [2.45, 2.75) is 6.92 Å². The van der Waals surface area contributed by atoms with Crippen LogP contribution in [0.4, 0.5) is 10.1 Å². The molecule has 0 unspecified atom stereocenters. The lowest BCUT2D eigenvalue weighted by atomic mass is 10.2. The summed E-state index contributed by atoms with van der Waals surface area (Å²) in [5.41, 5.74) is 0.965. The fraction of sp³-hybridized carbons (Fsp3) is 0.133. The van der Waals surface area contributed by atoms with Gasteiger partial charge in [-0.2, -0.15) is 0 Å². The van der Waals surface area contributed by atoms with Crippen molar-refractivity contribution < 1.29 is 13.9 Å². The quantitative estimate of drug-likeness (QED) is 0.854. The monoisotopic (exact) mass is 371 g/mol. The van der Waals surface area contributed by atoms with Gasteiger partial charge < -0.3 is 10.1 Å². The summed E-state index contributed by atoms with van der Waals surface area (Å²) in [6, 6.07) is 9.49. The van der Waals surface area contributed by atoms with Gasteiger partial charge in [0.15, 0.2) is 6.61 Å². The van der Waals surface area contributed by atoms with E-state index in [9.17, 15) is 9.18 Å². The van der Waals surface area contributed by atoms with Crippen LogP contribution >= 0.6 is 27.5 Å². The highest BCUT2D eigenvalue weighted by molar-refractivity contribution is 9.10. The number of hydrogen-bond donors (Lipinski definition) is 1. The molecular weight excluding hydrogens is 361 g/mol. The molecule has 0 spiro atoms. The number of ether oxygens (including phenoxy) is 1. The molecule has 21 heavy (non-hydrogen) atoms. The minimum Gasteiger partial charge on any atom is -0.484 e. The lowest BCUT2D eigenvalue weighted by molar-refractivity contribution is -0.118. The summed E-state index contributed by atoms with van der Waals surface area (Å²) in [7, 11) is 0. The van der Waals surface area contributed by atoms with Gasteiger partial charge in [-0.25, -0.2) is 4.39 Å². The van der Waals surface area contributed by atoms with Gasteiger partial charge in [-0.1, -0.05) is 27.5 Å². The predicted molar refractivity (Wildman–Crippen MR) is 84.4 cm³/mol. The second-order valence-corrected chi connectivity index (χ2v) is 5.69. The molecule has 0 saturated heterocycles. The maximum absolute atomic E-state index is 13.6. The number of benzene rings is 2. The van der Waals surface area contributed by atoms with E-state index in [4.69, 9.17) is 16.3 Å². The lowest BCUT2D eigenvalue weighted by Gasteiger charge is -2.09. The van der Waals surface area contributed by atoms with Crippen LogP contribution in [-0.4, -0.2) is 12.5 Å². The van der Waals surface area contributed by atoms with Gasteiger partial charge in [0.2, 0.25) is 0 Å². The van der Waals surface area contributed by atoms with Crippen molar-refractivity contribution >= 4 is 39.1 Å². The third kappa shape index (κ3) is 4.44. The Morgan fingerprint density at radius 3 is 2.76 bits per heavy atom. The lowest BCUT2D eigenvalue weighted by Crippen LogP contribution is -2.20. The van der Waals surface area contributed by atoms with E-state index >= 15 is 0 Å². The minimum absolute atomic E-state index is 0.110. The number of halogens is 3. The van der Waals surface area contributed by atoms with Crippen LogP contribution in [0.5, 0.6) is 5.75 Å². The van der Waals surface area contributed by atoms with Crippen molar-refractivity contribution in [1.82, 2.24) is 0 Å². The summed E-state index contributed by atoms with van der Waals surface area (Å²) in [5.74, 6) is -0.424. The molecule has 0 aromatic heterocycles. The first-order valence-corrected chi connectivity index (χ1v) is 7.26. The molecule has 2 aromatic carbocycles. The van der Waals surface area contributed by atoms with Gasteiger partial charge in [0.1, 0.15) is 11.6 Å². The van der Waals surface area contributed by atoms with Crippen molar-refractivity contribution in [2.24, 2.45) is 0 Å². The average molecular weight is 373 g/mol. The van der Waals surface area contributed by atoms with E-state index in [1.807, 2.05) is 6.92 Å². The van der Waals surface area contributed by atoms with Crippen molar-refractivity contribution in [1.29, 1.82) is 0 Å². The van der Waals surface area contributed by atoms with E-state index < -0.39 is 11.7 Å². The van der Waals surface area contributed by atoms with Gasteiger partial charge in [-0.05, 0) is 48.9 Å². The molecule has 1 N–H and O–H groups in total. The number of amides is 1. The molecule has 1 amide bonds. The SMILES string of the molecule is Cc1cc(OCC(=O)Nc2ccc(Br)cc2F)ccc1Cl. The Morgan fingerprint density at radius 2 is 2.10 bits per heavy atom. The molecule has 0 saturated carbocycles. The topological polar surface area (TPSA) is 38.3 Å². The third-order valence-corrected chi connectivity index (χ3v) is 3.62. The van der Waals surface area contributed by atoms with Gasteiger partial charge in [0, 0.05) is 9.50 Å². The number of rotatable bonds is 4. The van der Waals surface area contributed by atoms with E-state index in [1.165, 1.54) is 12.1 Å². The van der Waals surface area contributed by atoms with Crippen LogP contribution < -0.4 is 10.1 Å². The Hall–Kier alpha value is -1.59.